The molecule has 0 spiro atoms. The van der Waals surface area contributed by atoms with Crippen LogP contribution < -0.4 is 10.1 Å². The molecule has 4 nitrogen and oxygen atoms in total. The summed E-state index contributed by atoms with van der Waals surface area (Å²) < 4.78 is 32.8. The molecule has 1 aliphatic carbocycles. The Kier molecular flexibility index (Phi) is 6.66. The maximum Gasteiger partial charge on any atom is 0.224 e. The summed E-state index contributed by atoms with van der Waals surface area (Å²) in [5.74, 6) is 0.244. The Hall–Kier alpha value is -3.77. The number of amides is 1. The molecular weight excluding hydrogens is 424 g/mol. The minimum absolute atomic E-state index is 0.101. The number of allylic oxidation sites excluding steroid dienone is 2. The van der Waals surface area contributed by atoms with Gasteiger partial charge in [-0.2, -0.15) is 0 Å². The fourth-order valence-corrected chi connectivity index (χ4v) is 3.84. The van der Waals surface area contributed by atoms with Crippen molar-refractivity contribution in [1.82, 2.24) is 5.32 Å². The summed E-state index contributed by atoms with van der Waals surface area (Å²) in [6.45, 7) is 1.96. The molecule has 0 aliphatic heterocycles. The van der Waals surface area contributed by atoms with Gasteiger partial charge in [-0.25, -0.2) is 8.78 Å². The number of halogens is 2. The molecule has 0 heterocycles. The summed E-state index contributed by atoms with van der Waals surface area (Å²) in [7, 11) is 0. The van der Waals surface area contributed by atoms with E-state index >= 15 is 0 Å². The molecule has 2 N–H and O–H groups in total. The number of aliphatic hydroxyl groups is 1. The Morgan fingerprint density at radius 2 is 1.58 bits per heavy atom. The van der Waals surface area contributed by atoms with E-state index in [0.717, 1.165) is 27.8 Å². The molecule has 0 radical (unpaired) electrons. The smallest absolute Gasteiger partial charge is 0.224 e. The van der Waals surface area contributed by atoms with Crippen molar-refractivity contribution < 1.29 is 23.4 Å². The SMILES string of the molecule is CC1=C(CC(=O)NCCO)c2cc(F)ccc2/C1=C\c1ccc(Oc2ccc(F)cc2)cc1. The first-order valence-corrected chi connectivity index (χ1v) is 10.6. The Bertz CT molecular complexity index is 1230. The normalized spacial score (nSPS) is 13.9. The number of carbonyl (C=O) groups is 1. The van der Waals surface area contributed by atoms with Crippen molar-refractivity contribution in [2.75, 3.05) is 13.2 Å². The fourth-order valence-electron chi connectivity index (χ4n) is 3.84. The third-order valence-electron chi connectivity index (χ3n) is 5.47. The molecule has 33 heavy (non-hydrogen) atoms. The molecule has 6 heteroatoms. The number of fused-ring (bicyclic) bond motifs is 1. The van der Waals surface area contributed by atoms with Crippen LogP contribution in [-0.4, -0.2) is 24.2 Å². The molecular formula is C27H23F2NO3. The second kappa shape index (κ2) is 9.79. The Labute approximate surface area is 190 Å². The van der Waals surface area contributed by atoms with Crippen molar-refractivity contribution in [3.63, 3.8) is 0 Å². The second-order valence-corrected chi connectivity index (χ2v) is 7.73. The average Bonchev–Trinajstić information content (AvgIpc) is 3.05. The lowest BCUT2D eigenvalue weighted by Gasteiger charge is -2.07. The lowest BCUT2D eigenvalue weighted by Crippen LogP contribution is -2.26. The Morgan fingerprint density at radius 3 is 2.24 bits per heavy atom. The topological polar surface area (TPSA) is 58.6 Å². The molecule has 0 aromatic heterocycles. The first-order chi connectivity index (χ1) is 15.9. The fraction of sp³-hybridized carbons (Fsp3) is 0.148. The van der Waals surface area contributed by atoms with Crippen LogP contribution in [0.25, 0.3) is 17.2 Å². The van der Waals surface area contributed by atoms with Crippen molar-refractivity contribution in [2.24, 2.45) is 0 Å². The molecule has 0 bridgehead atoms. The zero-order valence-electron chi connectivity index (χ0n) is 18.1. The number of nitrogens with one attached hydrogen (secondary N) is 1. The van der Waals surface area contributed by atoms with E-state index in [9.17, 15) is 13.6 Å². The standard InChI is InChI=1S/C27H23F2NO3/c1-17-24(14-18-2-7-21(8-3-18)33-22-9-4-19(28)5-10-22)23-11-6-20(29)15-26(23)25(17)16-27(32)30-12-13-31/h2-11,14-15,31H,12-13,16H2,1H3,(H,30,32)/b24-14-. The Morgan fingerprint density at radius 1 is 0.939 bits per heavy atom. The van der Waals surface area contributed by atoms with E-state index in [1.807, 2.05) is 37.3 Å². The number of hydrogen-bond donors (Lipinski definition) is 2. The highest BCUT2D eigenvalue weighted by Gasteiger charge is 2.25. The predicted octanol–water partition coefficient (Wildman–Crippen LogP) is 5.58. The van der Waals surface area contributed by atoms with Crippen LogP contribution in [0, 0.1) is 11.6 Å². The first-order valence-electron chi connectivity index (χ1n) is 10.6. The largest absolute Gasteiger partial charge is 0.457 e. The Balaban J connectivity index is 1.61. The molecule has 4 rings (SSSR count). The molecule has 0 saturated carbocycles. The predicted molar refractivity (Wildman–Crippen MR) is 124 cm³/mol. The van der Waals surface area contributed by atoms with Crippen LogP contribution in [0.1, 0.15) is 30.0 Å². The molecule has 0 fully saturated rings. The van der Waals surface area contributed by atoms with Gasteiger partial charge in [0, 0.05) is 6.54 Å². The number of carbonyl (C=O) groups excluding carboxylic acids is 1. The number of hydrogen-bond acceptors (Lipinski definition) is 3. The minimum atomic E-state index is -0.363. The molecule has 3 aromatic carbocycles. The van der Waals surface area contributed by atoms with Crippen LogP contribution in [0.2, 0.25) is 0 Å². The highest BCUT2D eigenvalue weighted by molar-refractivity contribution is 6.08. The zero-order valence-corrected chi connectivity index (χ0v) is 18.1. The van der Waals surface area contributed by atoms with Gasteiger partial charge < -0.3 is 15.2 Å². The summed E-state index contributed by atoms with van der Waals surface area (Å²) >= 11 is 0. The molecule has 1 aliphatic rings. The van der Waals surface area contributed by atoms with E-state index in [-0.39, 0.29) is 37.1 Å². The maximum absolute atomic E-state index is 14.0. The van der Waals surface area contributed by atoms with Crippen molar-refractivity contribution in [1.29, 1.82) is 0 Å². The lowest BCUT2D eigenvalue weighted by atomic mass is 10.0. The van der Waals surface area contributed by atoms with Gasteiger partial charge in [0.1, 0.15) is 23.1 Å². The maximum atomic E-state index is 14.0. The van der Waals surface area contributed by atoms with Crippen LogP contribution in [0.5, 0.6) is 11.5 Å². The summed E-state index contributed by atoms with van der Waals surface area (Å²) in [6.07, 6.45) is 2.09. The highest BCUT2D eigenvalue weighted by atomic mass is 19.1. The van der Waals surface area contributed by atoms with E-state index in [4.69, 9.17) is 9.84 Å². The van der Waals surface area contributed by atoms with Crippen molar-refractivity contribution in [2.45, 2.75) is 13.3 Å². The van der Waals surface area contributed by atoms with E-state index < -0.39 is 0 Å². The van der Waals surface area contributed by atoms with E-state index in [1.54, 1.807) is 18.2 Å². The molecule has 0 unspecified atom stereocenters. The number of aliphatic hydroxyl groups excluding tert-OH is 1. The monoisotopic (exact) mass is 447 g/mol. The third-order valence-corrected chi connectivity index (χ3v) is 5.47. The summed E-state index contributed by atoms with van der Waals surface area (Å²) in [5.41, 5.74) is 5.07. The molecule has 0 atom stereocenters. The van der Waals surface area contributed by atoms with Gasteiger partial charge in [0.05, 0.1) is 13.0 Å². The van der Waals surface area contributed by atoms with Gasteiger partial charge in [-0.15, -0.1) is 0 Å². The molecule has 3 aromatic rings. The number of rotatable bonds is 7. The number of ether oxygens (including phenoxy) is 1. The summed E-state index contributed by atoms with van der Waals surface area (Å²) in [5, 5.41) is 11.6. The summed E-state index contributed by atoms with van der Waals surface area (Å²) in [6, 6.07) is 17.8. The first kappa shape index (κ1) is 22.4. The number of benzene rings is 3. The van der Waals surface area contributed by atoms with Crippen LogP contribution >= 0.6 is 0 Å². The summed E-state index contributed by atoms with van der Waals surface area (Å²) in [4.78, 5) is 12.3. The van der Waals surface area contributed by atoms with Gasteiger partial charge in [-0.3, -0.25) is 4.79 Å². The van der Waals surface area contributed by atoms with Gasteiger partial charge in [-0.05, 0) is 94.9 Å². The van der Waals surface area contributed by atoms with E-state index in [2.05, 4.69) is 5.32 Å². The molecule has 0 saturated heterocycles. The minimum Gasteiger partial charge on any atom is -0.457 e. The van der Waals surface area contributed by atoms with Crippen LogP contribution in [0.3, 0.4) is 0 Å². The highest BCUT2D eigenvalue weighted by Crippen LogP contribution is 2.43. The van der Waals surface area contributed by atoms with Gasteiger partial charge in [0.15, 0.2) is 0 Å². The van der Waals surface area contributed by atoms with Crippen LogP contribution in [-0.2, 0) is 4.79 Å². The average molecular weight is 447 g/mol. The molecule has 168 valence electrons. The van der Waals surface area contributed by atoms with Gasteiger partial charge in [0.2, 0.25) is 5.91 Å². The van der Waals surface area contributed by atoms with E-state index in [1.165, 1.54) is 24.3 Å². The second-order valence-electron chi connectivity index (χ2n) is 7.73. The van der Waals surface area contributed by atoms with Crippen molar-refractivity contribution in [3.05, 3.63) is 101 Å². The van der Waals surface area contributed by atoms with Crippen molar-refractivity contribution >= 4 is 23.1 Å². The van der Waals surface area contributed by atoms with Crippen molar-refractivity contribution in [3.8, 4) is 11.5 Å². The lowest BCUT2D eigenvalue weighted by molar-refractivity contribution is -0.120. The molecule has 1 amide bonds. The van der Waals surface area contributed by atoms with Gasteiger partial charge in [0.25, 0.3) is 0 Å². The van der Waals surface area contributed by atoms with E-state index in [0.29, 0.717) is 17.1 Å². The van der Waals surface area contributed by atoms with Crippen LogP contribution in [0.4, 0.5) is 8.78 Å². The quantitative estimate of drug-likeness (QED) is 0.497. The van der Waals surface area contributed by atoms with Crippen LogP contribution in [0.15, 0.2) is 72.3 Å². The zero-order chi connectivity index (χ0) is 23.4. The van der Waals surface area contributed by atoms with Gasteiger partial charge in [-0.1, -0.05) is 18.2 Å². The third kappa shape index (κ3) is 5.18. The van der Waals surface area contributed by atoms with Gasteiger partial charge >= 0.3 is 0 Å².